The first kappa shape index (κ1) is 11.8. The third kappa shape index (κ3) is 2.51. The quantitative estimate of drug-likeness (QED) is 0.634. The van der Waals surface area contributed by atoms with Gasteiger partial charge in [-0.3, -0.25) is 11.3 Å². The highest BCUT2D eigenvalue weighted by Crippen LogP contribution is 2.22. The van der Waals surface area contributed by atoms with E-state index < -0.39 is 17.7 Å². The number of rotatable bonds is 4. The predicted octanol–water partition coefficient (Wildman–Crippen LogP) is 2.30. The zero-order valence-corrected chi connectivity index (χ0v) is 8.99. The van der Waals surface area contributed by atoms with Gasteiger partial charge in [0.15, 0.2) is 11.6 Å². The van der Waals surface area contributed by atoms with Crippen molar-refractivity contribution in [2.45, 2.75) is 12.5 Å². The highest BCUT2D eigenvalue weighted by Gasteiger charge is 2.18. The van der Waals surface area contributed by atoms with Crippen LogP contribution in [0.3, 0.4) is 0 Å². The molecule has 0 aliphatic rings. The maximum atomic E-state index is 13.6. The molecule has 90 valence electrons. The van der Waals surface area contributed by atoms with Gasteiger partial charge in [-0.2, -0.15) is 0 Å². The molecule has 0 radical (unpaired) electrons. The fourth-order valence-electron chi connectivity index (χ4n) is 1.68. The Kier molecular flexibility index (Phi) is 3.51. The van der Waals surface area contributed by atoms with Crippen molar-refractivity contribution in [2.75, 3.05) is 0 Å². The molecule has 0 aliphatic carbocycles. The second-order valence-electron chi connectivity index (χ2n) is 3.65. The number of benzene rings is 1. The first-order valence-electron chi connectivity index (χ1n) is 5.14. The van der Waals surface area contributed by atoms with Crippen LogP contribution in [-0.4, -0.2) is 0 Å². The van der Waals surface area contributed by atoms with Crippen LogP contribution in [0.4, 0.5) is 8.78 Å². The summed E-state index contributed by atoms with van der Waals surface area (Å²) < 4.78 is 31.8. The van der Waals surface area contributed by atoms with Crippen LogP contribution in [0, 0.1) is 11.6 Å². The Balaban J connectivity index is 2.26. The molecule has 1 aromatic heterocycles. The normalized spacial score (nSPS) is 12.6. The summed E-state index contributed by atoms with van der Waals surface area (Å²) in [6.07, 6.45) is 1.87. The largest absolute Gasteiger partial charge is 0.469 e. The number of hydrazine groups is 1. The van der Waals surface area contributed by atoms with Crippen LogP contribution in [0.15, 0.2) is 41.0 Å². The lowest BCUT2D eigenvalue weighted by Crippen LogP contribution is -2.30. The number of furan rings is 1. The number of hydrogen-bond donors (Lipinski definition) is 2. The monoisotopic (exact) mass is 238 g/mol. The highest BCUT2D eigenvalue weighted by atomic mass is 19.2. The van der Waals surface area contributed by atoms with Crippen molar-refractivity contribution in [3.63, 3.8) is 0 Å². The van der Waals surface area contributed by atoms with Crippen molar-refractivity contribution in [1.82, 2.24) is 5.43 Å². The lowest BCUT2D eigenvalue weighted by atomic mass is 10.0. The molecular formula is C12H12F2N2O. The molecule has 0 saturated heterocycles. The van der Waals surface area contributed by atoms with Crippen LogP contribution in [0.5, 0.6) is 0 Å². The molecule has 2 aromatic rings. The minimum absolute atomic E-state index is 0.184. The Morgan fingerprint density at radius 1 is 1.24 bits per heavy atom. The summed E-state index contributed by atoms with van der Waals surface area (Å²) in [5.74, 6) is 4.24. The van der Waals surface area contributed by atoms with Crippen LogP contribution in [-0.2, 0) is 6.42 Å². The summed E-state index contributed by atoms with van der Waals surface area (Å²) in [4.78, 5) is 0. The molecule has 0 saturated carbocycles. The fraction of sp³-hybridized carbons (Fsp3) is 0.167. The Bertz CT molecular complexity index is 485. The smallest absolute Gasteiger partial charge is 0.163 e. The van der Waals surface area contributed by atoms with Crippen molar-refractivity contribution in [3.05, 3.63) is 59.6 Å². The minimum atomic E-state index is -0.887. The molecule has 0 spiro atoms. The van der Waals surface area contributed by atoms with E-state index >= 15 is 0 Å². The third-order valence-electron chi connectivity index (χ3n) is 2.54. The van der Waals surface area contributed by atoms with E-state index in [4.69, 9.17) is 10.3 Å². The molecule has 2 rings (SSSR count). The molecule has 17 heavy (non-hydrogen) atoms. The Hall–Kier alpha value is -1.72. The van der Waals surface area contributed by atoms with Crippen molar-refractivity contribution < 1.29 is 13.2 Å². The molecular weight excluding hydrogens is 226 g/mol. The van der Waals surface area contributed by atoms with Gasteiger partial charge in [-0.05, 0) is 18.2 Å². The summed E-state index contributed by atoms with van der Waals surface area (Å²) >= 11 is 0. The Labute approximate surface area is 97.2 Å². The maximum absolute atomic E-state index is 13.6. The van der Waals surface area contributed by atoms with Gasteiger partial charge in [0.25, 0.3) is 0 Å². The molecule has 5 heteroatoms. The zero-order chi connectivity index (χ0) is 12.3. The molecule has 0 aliphatic heterocycles. The van der Waals surface area contributed by atoms with E-state index in [1.165, 1.54) is 18.4 Å². The summed E-state index contributed by atoms with van der Waals surface area (Å²) in [6.45, 7) is 0. The lowest BCUT2D eigenvalue weighted by Gasteiger charge is -2.15. The van der Waals surface area contributed by atoms with E-state index in [0.29, 0.717) is 12.2 Å². The van der Waals surface area contributed by atoms with Gasteiger partial charge in [-0.25, -0.2) is 8.78 Å². The summed E-state index contributed by atoms with van der Waals surface area (Å²) in [5, 5.41) is 0. The number of nitrogens with one attached hydrogen (secondary N) is 1. The van der Waals surface area contributed by atoms with Gasteiger partial charge in [0.05, 0.1) is 12.3 Å². The second kappa shape index (κ2) is 5.07. The van der Waals surface area contributed by atoms with E-state index in [2.05, 4.69) is 5.43 Å². The van der Waals surface area contributed by atoms with Crippen molar-refractivity contribution >= 4 is 0 Å². The molecule has 3 nitrogen and oxygen atoms in total. The van der Waals surface area contributed by atoms with Gasteiger partial charge in [-0.15, -0.1) is 0 Å². The fourth-order valence-corrected chi connectivity index (χ4v) is 1.68. The van der Waals surface area contributed by atoms with Gasteiger partial charge >= 0.3 is 0 Å². The van der Waals surface area contributed by atoms with Gasteiger partial charge < -0.3 is 4.42 Å². The predicted molar refractivity (Wildman–Crippen MR) is 58.8 cm³/mol. The third-order valence-corrected chi connectivity index (χ3v) is 2.54. The van der Waals surface area contributed by atoms with E-state index in [1.807, 2.05) is 0 Å². The van der Waals surface area contributed by atoms with Crippen LogP contribution >= 0.6 is 0 Å². The van der Waals surface area contributed by atoms with Crippen LogP contribution in [0.25, 0.3) is 0 Å². The topological polar surface area (TPSA) is 51.2 Å². The molecule has 3 N–H and O–H groups in total. The SMILES string of the molecule is NNC(Cc1ccco1)c1cccc(F)c1F. The summed E-state index contributed by atoms with van der Waals surface area (Å²) in [6, 6.07) is 6.95. The van der Waals surface area contributed by atoms with Gasteiger partial charge in [0, 0.05) is 12.0 Å². The highest BCUT2D eigenvalue weighted by molar-refractivity contribution is 5.23. The standard InChI is InChI=1S/C12H12F2N2O/c13-10-5-1-4-9(12(10)14)11(16-15)7-8-3-2-6-17-8/h1-6,11,16H,7,15H2. The van der Waals surface area contributed by atoms with Crippen LogP contribution in [0.1, 0.15) is 17.4 Å². The molecule has 0 amide bonds. The van der Waals surface area contributed by atoms with E-state index in [-0.39, 0.29) is 5.56 Å². The Morgan fingerprint density at radius 2 is 2.06 bits per heavy atom. The van der Waals surface area contributed by atoms with Crippen LogP contribution in [0.2, 0.25) is 0 Å². The second-order valence-corrected chi connectivity index (χ2v) is 3.65. The lowest BCUT2D eigenvalue weighted by molar-refractivity contribution is 0.430. The van der Waals surface area contributed by atoms with E-state index in [9.17, 15) is 8.78 Å². The molecule has 1 heterocycles. The molecule has 0 fully saturated rings. The van der Waals surface area contributed by atoms with Gasteiger partial charge in [-0.1, -0.05) is 12.1 Å². The molecule has 1 unspecified atom stereocenters. The Morgan fingerprint density at radius 3 is 2.71 bits per heavy atom. The number of halogens is 2. The average molecular weight is 238 g/mol. The van der Waals surface area contributed by atoms with Crippen LogP contribution < -0.4 is 11.3 Å². The maximum Gasteiger partial charge on any atom is 0.163 e. The van der Waals surface area contributed by atoms with Crippen molar-refractivity contribution in [1.29, 1.82) is 0 Å². The first-order valence-corrected chi connectivity index (χ1v) is 5.14. The summed E-state index contributed by atoms with van der Waals surface area (Å²) in [5.41, 5.74) is 2.64. The van der Waals surface area contributed by atoms with E-state index in [0.717, 1.165) is 6.07 Å². The summed E-state index contributed by atoms with van der Waals surface area (Å²) in [7, 11) is 0. The van der Waals surface area contributed by atoms with Crippen molar-refractivity contribution in [2.24, 2.45) is 5.84 Å². The molecule has 1 atom stereocenters. The minimum Gasteiger partial charge on any atom is -0.469 e. The van der Waals surface area contributed by atoms with Crippen molar-refractivity contribution in [3.8, 4) is 0 Å². The molecule has 0 bridgehead atoms. The number of hydrogen-bond acceptors (Lipinski definition) is 3. The zero-order valence-electron chi connectivity index (χ0n) is 8.99. The average Bonchev–Trinajstić information content (AvgIpc) is 2.83. The number of nitrogens with two attached hydrogens (primary N) is 1. The van der Waals surface area contributed by atoms with E-state index in [1.54, 1.807) is 12.1 Å². The molecule has 1 aromatic carbocycles. The van der Waals surface area contributed by atoms with Gasteiger partial charge in [0.2, 0.25) is 0 Å². The first-order chi connectivity index (χ1) is 8.22. The van der Waals surface area contributed by atoms with Gasteiger partial charge in [0.1, 0.15) is 5.76 Å².